The van der Waals surface area contributed by atoms with Gasteiger partial charge in [0.05, 0.1) is 13.2 Å². The van der Waals surface area contributed by atoms with Crippen LogP contribution in [-0.4, -0.2) is 52.7 Å². The average molecular weight is 448 g/mol. The third kappa shape index (κ3) is 6.68. The molecule has 0 bridgehead atoms. The molecule has 2 rings (SSSR count). The van der Waals surface area contributed by atoms with Gasteiger partial charge in [-0.15, -0.1) is 5.10 Å². The Balaban J connectivity index is 1.97. The van der Waals surface area contributed by atoms with Gasteiger partial charge in [0.1, 0.15) is 5.75 Å². The molecule has 0 amide bonds. The van der Waals surface area contributed by atoms with E-state index in [4.69, 9.17) is 9.47 Å². The minimum atomic E-state index is -1.09. The monoisotopic (exact) mass is 447 g/mol. The van der Waals surface area contributed by atoms with Gasteiger partial charge in [0.2, 0.25) is 5.82 Å². The molecule has 2 N–H and O–H groups in total. The summed E-state index contributed by atoms with van der Waals surface area (Å²) < 4.78 is 13.2. The number of aryl methyl sites for hydroxylation is 1. The zero-order valence-electron chi connectivity index (χ0n) is 19.4. The number of aromatic nitrogens is 3. The molecule has 176 valence electrons. The van der Waals surface area contributed by atoms with Crippen LogP contribution < -0.4 is 26.6 Å². The zero-order valence-corrected chi connectivity index (χ0v) is 19.4. The summed E-state index contributed by atoms with van der Waals surface area (Å²) in [5, 5.41) is 10.1. The molecule has 0 saturated heterocycles. The highest BCUT2D eigenvalue weighted by atomic mass is 16.6. The first-order chi connectivity index (χ1) is 15.2. The van der Waals surface area contributed by atoms with Gasteiger partial charge in [0.25, 0.3) is 5.56 Å². The SMILES string of the molecule is CCOC(=O)C(C)(C)Oc1cccc(CCCNc2nn(CCNC)c(=O)n(C)c2=O)c1. The van der Waals surface area contributed by atoms with Crippen molar-refractivity contribution in [1.29, 1.82) is 0 Å². The zero-order chi connectivity index (χ0) is 23.7. The van der Waals surface area contributed by atoms with Gasteiger partial charge in [0.15, 0.2) is 5.60 Å². The number of nitrogens with zero attached hydrogens (tertiary/aromatic N) is 3. The summed E-state index contributed by atoms with van der Waals surface area (Å²) in [5.41, 5.74) is -0.951. The van der Waals surface area contributed by atoms with E-state index in [-0.39, 0.29) is 5.82 Å². The maximum Gasteiger partial charge on any atom is 0.349 e. The van der Waals surface area contributed by atoms with E-state index in [1.165, 1.54) is 11.7 Å². The molecule has 0 spiro atoms. The Labute approximate surface area is 187 Å². The van der Waals surface area contributed by atoms with Crippen molar-refractivity contribution in [3.05, 3.63) is 50.7 Å². The number of hydrogen-bond acceptors (Lipinski definition) is 8. The fourth-order valence-electron chi connectivity index (χ4n) is 3.00. The normalized spacial score (nSPS) is 11.3. The molecule has 10 heteroatoms. The minimum Gasteiger partial charge on any atom is -0.476 e. The Morgan fingerprint density at radius 1 is 1.22 bits per heavy atom. The summed E-state index contributed by atoms with van der Waals surface area (Å²) in [5.74, 6) is 0.317. The molecule has 10 nitrogen and oxygen atoms in total. The lowest BCUT2D eigenvalue weighted by Gasteiger charge is -2.24. The average Bonchev–Trinajstić information content (AvgIpc) is 2.76. The van der Waals surface area contributed by atoms with Gasteiger partial charge in [-0.3, -0.25) is 9.36 Å². The van der Waals surface area contributed by atoms with Crippen LogP contribution in [0.3, 0.4) is 0 Å². The Bertz CT molecular complexity index is 1030. The van der Waals surface area contributed by atoms with Gasteiger partial charge in [0, 0.05) is 20.1 Å². The molecule has 0 unspecified atom stereocenters. The Morgan fingerprint density at radius 2 is 1.97 bits per heavy atom. The topological polar surface area (TPSA) is 116 Å². The lowest BCUT2D eigenvalue weighted by atomic mass is 10.1. The lowest BCUT2D eigenvalue weighted by Crippen LogP contribution is -2.42. The molecular weight excluding hydrogens is 414 g/mol. The second-order valence-corrected chi connectivity index (χ2v) is 7.83. The van der Waals surface area contributed by atoms with Crippen LogP contribution in [0, 0.1) is 0 Å². The van der Waals surface area contributed by atoms with Crippen molar-refractivity contribution in [2.24, 2.45) is 7.05 Å². The van der Waals surface area contributed by atoms with Gasteiger partial charge in [-0.2, -0.15) is 0 Å². The van der Waals surface area contributed by atoms with E-state index >= 15 is 0 Å². The number of ether oxygens (including phenoxy) is 2. The number of likely N-dealkylation sites (N-methyl/N-ethyl adjacent to an activating group) is 1. The standard InChI is InChI=1S/C22H33N5O5/c1-6-31-20(29)22(2,3)32-17-11-7-9-16(15-17)10-8-12-24-18-19(28)26(5)21(30)27(25-18)14-13-23-4/h7,9,11,15,23H,6,8,10,12-14H2,1-5H3,(H,24,25). The molecule has 32 heavy (non-hydrogen) atoms. The fourth-order valence-corrected chi connectivity index (χ4v) is 3.00. The third-order valence-electron chi connectivity index (χ3n) is 4.78. The van der Waals surface area contributed by atoms with Crippen LogP contribution in [0.15, 0.2) is 33.9 Å². The van der Waals surface area contributed by atoms with E-state index in [0.29, 0.717) is 32.0 Å². The molecule has 1 aromatic heterocycles. The number of hydrogen-bond donors (Lipinski definition) is 2. The van der Waals surface area contributed by atoms with Gasteiger partial charge in [-0.05, 0) is 58.4 Å². The minimum absolute atomic E-state index is 0.150. The van der Waals surface area contributed by atoms with E-state index in [0.717, 1.165) is 23.0 Å². The van der Waals surface area contributed by atoms with Crippen LogP contribution in [0.5, 0.6) is 5.75 Å². The van der Waals surface area contributed by atoms with E-state index in [2.05, 4.69) is 15.7 Å². The highest BCUT2D eigenvalue weighted by Crippen LogP contribution is 2.21. The number of rotatable bonds is 12. The highest BCUT2D eigenvalue weighted by molar-refractivity contribution is 5.79. The molecule has 0 aliphatic heterocycles. The summed E-state index contributed by atoms with van der Waals surface area (Å²) in [6.07, 6.45) is 1.45. The number of esters is 1. The smallest absolute Gasteiger partial charge is 0.349 e. The molecule has 0 fully saturated rings. The predicted molar refractivity (Wildman–Crippen MR) is 122 cm³/mol. The van der Waals surface area contributed by atoms with E-state index in [1.807, 2.05) is 18.2 Å². The summed E-state index contributed by atoms with van der Waals surface area (Å²) in [7, 11) is 3.22. The first-order valence-corrected chi connectivity index (χ1v) is 10.7. The van der Waals surface area contributed by atoms with Gasteiger partial charge >= 0.3 is 11.7 Å². The summed E-state index contributed by atoms with van der Waals surface area (Å²) in [6.45, 7) is 6.83. The van der Waals surface area contributed by atoms with Gasteiger partial charge in [-0.25, -0.2) is 14.3 Å². The number of carbonyl (C=O) groups excluding carboxylic acids is 1. The largest absolute Gasteiger partial charge is 0.476 e. The summed E-state index contributed by atoms with van der Waals surface area (Å²) in [6, 6.07) is 7.52. The Kier molecular flexibility index (Phi) is 9.01. The Morgan fingerprint density at radius 3 is 2.66 bits per heavy atom. The summed E-state index contributed by atoms with van der Waals surface area (Å²) in [4.78, 5) is 36.5. The number of benzene rings is 1. The van der Waals surface area contributed by atoms with Crippen molar-refractivity contribution < 1.29 is 14.3 Å². The van der Waals surface area contributed by atoms with Crippen molar-refractivity contribution in [3.63, 3.8) is 0 Å². The van der Waals surface area contributed by atoms with Crippen molar-refractivity contribution >= 4 is 11.8 Å². The molecule has 0 atom stereocenters. The van der Waals surface area contributed by atoms with Crippen LogP contribution in [0.4, 0.5) is 5.82 Å². The van der Waals surface area contributed by atoms with E-state index in [1.54, 1.807) is 33.9 Å². The lowest BCUT2D eigenvalue weighted by molar-refractivity contribution is -0.158. The molecule has 0 radical (unpaired) electrons. The maximum absolute atomic E-state index is 12.3. The molecule has 0 aliphatic carbocycles. The van der Waals surface area contributed by atoms with Crippen LogP contribution in [0.1, 0.15) is 32.8 Å². The maximum atomic E-state index is 12.3. The number of carbonyl (C=O) groups is 1. The van der Waals surface area contributed by atoms with Crippen molar-refractivity contribution in [2.45, 2.75) is 45.8 Å². The molecular formula is C22H33N5O5. The molecule has 2 aromatic rings. The Hall–Kier alpha value is -3.14. The van der Waals surface area contributed by atoms with Crippen molar-refractivity contribution in [1.82, 2.24) is 19.7 Å². The van der Waals surface area contributed by atoms with Gasteiger partial charge < -0.3 is 20.1 Å². The second-order valence-electron chi connectivity index (χ2n) is 7.83. The number of nitrogens with one attached hydrogen (secondary N) is 2. The first kappa shape index (κ1) is 25.1. The van der Waals surface area contributed by atoms with Crippen LogP contribution in [-0.2, 0) is 29.5 Å². The van der Waals surface area contributed by atoms with Crippen molar-refractivity contribution in [3.8, 4) is 5.75 Å². The van der Waals surface area contributed by atoms with Crippen molar-refractivity contribution in [2.75, 3.05) is 32.1 Å². The van der Waals surface area contributed by atoms with Gasteiger partial charge in [-0.1, -0.05) is 12.1 Å². The molecule has 0 aliphatic rings. The second kappa shape index (κ2) is 11.5. The molecule has 1 heterocycles. The highest BCUT2D eigenvalue weighted by Gasteiger charge is 2.31. The van der Waals surface area contributed by atoms with Crippen LogP contribution in [0.2, 0.25) is 0 Å². The van der Waals surface area contributed by atoms with E-state index in [9.17, 15) is 14.4 Å². The molecule has 0 saturated carbocycles. The van der Waals surface area contributed by atoms with Crippen LogP contribution >= 0.6 is 0 Å². The summed E-state index contributed by atoms with van der Waals surface area (Å²) >= 11 is 0. The third-order valence-corrected chi connectivity index (χ3v) is 4.78. The quantitative estimate of drug-likeness (QED) is 0.365. The molecule has 1 aromatic carbocycles. The number of anilines is 1. The van der Waals surface area contributed by atoms with E-state index < -0.39 is 22.8 Å². The van der Waals surface area contributed by atoms with Crippen LogP contribution in [0.25, 0.3) is 0 Å². The fraction of sp³-hybridized carbons (Fsp3) is 0.545. The first-order valence-electron chi connectivity index (χ1n) is 10.7. The predicted octanol–water partition coefficient (Wildman–Crippen LogP) is 0.927.